The molecule has 0 radical (unpaired) electrons. The zero-order valence-electron chi connectivity index (χ0n) is 7.31. The van der Waals surface area contributed by atoms with Crippen molar-refractivity contribution in [1.82, 2.24) is 5.32 Å². The van der Waals surface area contributed by atoms with Crippen molar-refractivity contribution < 1.29 is 9.53 Å². The number of ether oxygens (including phenoxy) is 1. The van der Waals surface area contributed by atoms with Crippen LogP contribution in [-0.2, 0) is 9.53 Å². The first-order chi connectivity index (χ1) is 5.05. The van der Waals surface area contributed by atoms with Crippen molar-refractivity contribution in [3.8, 4) is 0 Å². The minimum Gasteiger partial charge on any atom is -0.465 e. The van der Waals surface area contributed by atoms with E-state index in [0.717, 1.165) is 6.42 Å². The standard InChI is InChI=1S/C8H15NO2/c1-4-11-7(10)6-5-8(2,3)9-6/h6,9H,4-5H2,1-3H3. The summed E-state index contributed by atoms with van der Waals surface area (Å²) in [6.07, 6.45) is 0.881. The minimum atomic E-state index is -0.119. The van der Waals surface area contributed by atoms with Crippen molar-refractivity contribution >= 4 is 5.97 Å². The van der Waals surface area contributed by atoms with Crippen molar-refractivity contribution in [2.75, 3.05) is 6.61 Å². The van der Waals surface area contributed by atoms with Gasteiger partial charge in [0.2, 0.25) is 0 Å². The van der Waals surface area contributed by atoms with Crippen LogP contribution in [0.4, 0.5) is 0 Å². The summed E-state index contributed by atoms with van der Waals surface area (Å²) in [4.78, 5) is 11.0. The number of rotatable bonds is 2. The first-order valence-electron chi connectivity index (χ1n) is 3.99. The van der Waals surface area contributed by atoms with E-state index >= 15 is 0 Å². The van der Waals surface area contributed by atoms with Gasteiger partial charge in [0.1, 0.15) is 6.04 Å². The van der Waals surface area contributed by atoms with E-state index in [9.17, 15) is 4.79 Å². The Morgan fingerprint density at radius 1 is 1.73 bits per heavy atom. The molecule has 0 bridgehead atoms. The Hall–Kier alpha value is -0.570. The molecule has 0 aromatic carbocycles. The summed E-state index contributed by atoms with van der Waals surface area (Å²) in [5.74, 6) is -0.119. The highest BCUT2D eigenvalue weighted by Crippen LogP contribution is 2.23. The van der Waals surface area contributed by atoms with E-state index in [2.05, 4.69) is 19.2 Å². The highest BCUT2D eigenvalue weighted by atomic mass is 16.5. The Labute approximate surface area is 67.1 Å². The van der Waals surface area contributed by atoms with Gasteiger partial charge in [0.25, 0.3) is 0 Å². The Bertz CT molecular complexity index is 157. The average molecular weight is 157 g/mol. The second-order valence-corrected chi connectivity index (χ2v) is 3.54. The van der Waals surface area contributed by atoms with Crippen LogP contribution < -0.4 is 5.32 Å². The second kappa shape index (κ2) is 2.81. The van der Waals surface area contributed by atoms with E-state index in [0.29, 0.717) is 6.61 Å². The number of carbonyl (C=O) groups is 1. The first-order valence-corrected chi connectivity index (χ1v) is 3.99. The van der Waals surface area contributed by atoms with Crippen LogP contribution in [0, 0.1) is 0 Å². The molecular formula is C8H15NO2. The molecule has 1 fully saturated rings. The molecule has 0 aromatic heterocycles. The van der Waals surface area contributed by atoms with Crippen LogP contribution in [0.25, 0.3) is 0 Å². The fourth-order valence-corrected chi connectivity index (χ4v) is 1.35. The van der Waals surface area contributed by atoms with E-state index in [1.807, 2.05) is 6.92 Å². The number of carbonyl (C=O) groups excluding carboxylic acids is 1. The molecule has 1 heterocycles. The molecule has 0 saturated carbocycles. The molecule has 1 saturated heterocycles. The third kappa shape index (κ3) is 1.93. The van der Waals surface area contributed by atoms with Crippen molar-refractivity contribution in [1.29, 1.82) is 0 Å². The maximum Gasteiger partial charge on any atom is 0.323 e. The molecule has 0 spiro atoms. The predicted molar refractivity (Wildman–Crippen MR) is 42.3 cm³/mol. The monoisotopic (exact) mass is 157 g/mol. The molecule has 1 atom stereocenters. The zero-order chi connectivity index (χ0) is 8.48. The third-order valence-corrected chi connectivity index (χ3v) is 1.85. The maximum absolute atomic E-state index is 11.0. The summed E-state index contributed by atoms with van der Waals surface area (Å²) in [5.41, 5.74) is 0.122. The molecule has 0 aromatic rings. The lowest BCUT2D eigenvalue weighted by Crippen LogP contribution is -2.63. The largest absolute Gasteiger partial charge is 0.465 e. The molecule has 1 N–H and O–H groups in total. The van der Waals surface area contributed by atoms with Crippen LogP contribution in [0.5, 0.6) is 0 Å². The Morgan fingerprint density at radius 2 is 2.27 bits per heavy atom. The van der Waals surface area contributed by atoms with E-state index in [-0.39, 0.29) is 17.6 Å². The van der Waals surface area contributed by atoms with Crippen molar-refractivity contribution in [2.45, 2.75) is 38.8 Å². The predicted octanol–water partition coefficient (Wildman–Crippen LogP) is 0.690. The summed E-state index contributed by atoms with van der Waals surface area (Å²) in [6, 6.07) is -0.0649. The molecule has 11 heavy (non-hydrogen) atoms. The van der Waals surface area contributed by atoms with Crippen LogP contribution in [0.2, 0.25) is 0 Å². The fourth-order valence-electron chi connectivity index (χ4n) is 1.35. The molecule has 0 amide bonds. The topological polar surface area (TPSA) is 38.3 Å². The summed E-state index contributed by atoms with van der Waals surface area (Å²) >= 11 is 0. The lowest BCUT2D eigenvalue weighted by molar-refractivity contribution is -0.150. The second-order valence-electron chi connectivity index (χ2n) is 3.54. The molecule has 3 heteroatoms. The first kappa shape index (κ1) is 8.53. The van der Waals surface area contributed by atoms with Gasteiger partial charge in [0.05, 0.1) is 6.61 Å². The van der Waals surface area contributed by atoms with Crippen LogP contribution in [0.3, 0.4) is 0 Å². The van der Waals surface area contributed by atoms with Gasteiger partial charge in [-0.1, -0.05) is 0 Å². The SMILES string of the molecule is CCOC(=O)C1CC(C)(C)N1. The molecule has 1 aliphatic rings. The van der Waals surface area contributed by atoms with Gasteiger partial charge in [-0.15, -0.1) is 0 Å². The number of hydrogen-bond donors (Lipinski definition) is 1. The minimum absolute atomic E-state index is 0.0649. The lowest BCUT2D eigenvalue weighted by Gasteiger charge is -2.42. The summed E-state index contributed by atoms with van der Waals surface area (Å²) in [6.45, 7) is 6.44. The Kier molecular flexibility index (Phi) is 2.18. The molecule has 3 nitrogen and oxygen atoms in total. The van der Waals surface area contributed by atoms with Crippen molar-refractivity contribution in [2.24, 2.45) is 0 Å². The normalized spacial score (nSPS) is 27.4. The summed E-state index contributed by atoms with van der Waals surface area (Å²) in [7, 11) is 0. The summed E-state index contributed by atoms with van der Waals surface area (Å²) < 4.78 is 4.84. The average Bonchev–Trinajstić information content (AvgIpc) is 1.83. The highest BCUT2D eigenvalue weighted by molar-refractivity contribution is 5.77. The van der Waals surface area contributed by atoms with Gasteiger partial charge in [-0.3, -0.25) is 10.1 Å². The van der Waals surface area contributed by atoms with E-state index in [1.165, 1.54) is 0 Å². The molecular weight excluding hydrogens is 142 g/mol. The van der Waals surface area contributed by atoms with Gasteiger partial charge in [-0.25, -0.2) is 0 Å². The quantitative estimate of drug-likeness (QED) is 0.599. The fraction of sp³-hybridized carbons (Fsp3) is 0.875. The van der Waals surface area contributed by atoms with Gasteiger partial charge in [-0.05, 0) is 27.2 Å². The van der Waals surface area contributed by atoms with E-state index < -0.39 is 0 Å². The van der Waals surface area contributed by atoms with Crippen molar-refractivity contribution in [3.63, 3.8) is 0 Å². The van der Waals surface area contributed by atoms with Gasteiger partial charge >= 0.3 is 5.97 Å². The maximum atomic E-state index is 11.0. The molecule has 1 unspecified atom stereocenters. The van der Waals surface area contributed by atoms with E-state index in [4.69, 9.17) is 4.74 Å². The van der Waals surface area contributed by atoms with Crippen LogP contribution in [0.1, 0.15) is 27.2 Å². The van der Waals surface area contributed by atoms with Gasteiger partial charge in [0.15, 0.2) is 0 Å². The van der Waals surface area contributed by atoms with Gasteiger partial charge < -0.3 is 4.74 Å². The number of hydrogen-bond acceptors (Lipinski definition) is 3. The lowest BCUT2D eigenvalue weighted by atomic mass is 9.85. The van der Waals surface area contributed by atoms with Crippen molar-refractivity contribution in [3.05, 3.63) is 0 Å². The summed E-state index contributed by atoms with van der Waals surface area (Å²) in [5, 5.41) is 3.13. The number of nitrogens with one attached hydrogen (secondary N) is 1. The van der Waals surface area contributed by atoms with Crippen LogP contribution in [-0.4, -0.2) is 24.2 Å². The number of esters is 1. The van der Waals surface area contributed by atoms with E-state index in [1.54, 1.807) is 0 Å². The Balaban J connectivity index is 2.27. The molecule has 64 valence electrons. The van der Waals surface area contributed by atoms with Crippen LogP contribution >= 0.6 is 0 Å². The van der Waals surface area contributed by atoms with Gasteiger partial charge in [-0.2, -0.15) is 0 Å². The highest BCUT2D eigenvalue weighted by Gasteiger charge is 2.40. The smallest absolute Gasteiger partial charge is 0.323 e. The third-order valence-electron chi connectivity index (χ3n) is 1.85. The molecule has 0 aliphatic carbocycles. The molecule has 1 rings (SSSR count). The van der Waals surface area contributed by atoms with Gasteiger partial charge in [0, 0.05) is 5.54 Å². The van der Waals surface area contributed by atoms with Crippen LogP contribution in [0.15, 0.2) is 0 Å². The molecule has 1 aliphatic heterocycles. The Morgan fingerprint density at radius 3 is 2.64 bits per heavy atom. The zero-order valence-corrected chi connectivity index (χ0v) is 7.31.